The standard InChI is InChI=1S/C24H34BrFN2O5SSi/c1-22(2,3)33-21(31)28(14-32-10-11-35(5,6)7)20-27-23(4,16-12-15(25)8-9-17(16)26)18-13-24(18,34-20)19(29)30/h8-9,12,18H,10-11,13-14H2,1-7H3,(H,29,30)/t18?,23-,24+/m1/s1. The van der Waals surface area contributed by atoms with Gasteiger partial charge in [0.2, 0.25) is 0 Å². The van der Waals surface area contributed by atoms with Crippen molar-refractivity contribution in [1.82, 2.24) is 4.90 Å². The number of ether oxygens (including phenoxy) is 2. The zero-order valence-electron chi connectivity index (χ0n) is 21.3. The van der Waals surface area contributed by atoms with E-state index in [1.165, 1.54) is 11.0 Å². The van der Waals surface area contributed by atoms with Gasteiger partial charge in [-0.25, -0.2) is 14.1 Å². The van der Waals surface area contributed by atoms with E-state index in [1.54, 1.807) is 39.8 Å². The number of halogens is 2. The molecule has 7 nitrogen and oxygen atoms in total. The van der Waals surface area contributed by atoms with Gasteiger partial charge >= 0.3 is 12.1 Å². The van der Waals surface area contributed by atoms with Crippen LogP contribution in [0, 0.1) is 11.7 Å². The van der Waals surface area contributed by atoms with Crippen molar-refractivity contribution in [3.63, 3.8) is 0 Å². The quantitative estimate of drug-likeness (QED) is 0.228. The molecule has 0 saturated heterocycles. The summed E-state index contributed by atoms with van der Waals surface area (Å²) in [5.41, 5.74) is -1.69. The summed E-state index contributed by atoms with van der Waals surface area (Å²) in [6.45, 7) is 14.0. The molecule has 1 aromatic carbocycles. The van der Waals surface area contributed by atoms with Crippen LogP contribution in [0.4, 0.5) is 9.18 Å². The van der Waals surface area contributed by atoms with Gasteiger partial charge in [-0.05, 0) is 58.4 Å². The Morgan fingerprint density at radius 1 is 1.34 bits per heavy atom. The van der Waals surface area contributed by atoms with Crippen molar-refractivity contribution in [2.24, 2.45) is 10.9 Å². The summed E-state index contributed by atoms with van der Waals surface area (Å²) in [5, 5.41) is 10.3. The molecule has 1 fully saturated rings. The number of carbonyl (C=O) groups excluding carboxylic acids is 1. The number of amides is 1. The number of aliphatic carboxylic acids is 1. The molecule has 35 heavy (non-hydrogen) atoms. The molecule has 0 radical (unpaired) electrons. The molecular weight excluding hydrogens is 555 g/mol. The first-order valence-corrected chi connectivity index (χ1v) is 16.9. The fourth-order valence-electron chi connectivity index (χ4n) is 4.04. The minimum Gasteiger partial charge on any atom is -0.480 e. The number of amidine groups is 1. The number of aliphatic imine (C=N–C) groups is 1. The number of carboxylic acids is 1. The molecule has 11 heteroatoms. The van der Waals surface area contributed by atoms with Gasteiger partial charge < -0.3 is 14.6 Å². The summed E-state index contributed by atoms with van der Waals surface area (Å²) < 4.78 is 25.9. The first kappa shape index (κ1) is 28.1. The highest BCUT2D eigenvalue weighted by atomic mass is 79.9. The maximum atomic E-state index is 15.0. The molecule has 1 N–H and O–H groups in total. The fourth-order valence-corrected chi connectivity index (χ4v) is 6.66. The predicted octanol–water partition coefficient (Wildman–Crippen LogP) is 6.30. The Bertz CT molecular complexity index is 1040. The highest BCUT2D eigenvalue weighted by Gasteiger charge is 2.72. The van der Waals surface area contributed by atoms with Gasteiger partial charge in [0.05, 0.1) is 5.54 Å². The molecule has 1 amide bonds. The van der Waals surface area contributed by atoms with Crippen molar-refractivity contribution in [3.8, 4) is 0 Å². The lowest BCUT2D eigenvalue weighted by Gasteiger charge is -2.37. The van der Waals surface area contributed by atoms with Gasteiger partial charge in [0.1, 0.15) is 22.9 Å². The van der Waals surface area contributed by atoms with Crippen LogP contribution < -0.4 is 0 Å². The van der Waals surface area contributed by atoms with Crippen molar-refractivity contribution < 1.29 is 28.6 Å². The van der Waals surface area contributed by atoms with Crippen LogP contribution in [0.15, 0.2) is 27.7 Å². The van der Waals surface area contributed by atoms with Crippen molar-refractivity contribution in [2.45, 2.75) is 75.7 Å². The third kappa shape index (κ3) is 6.29. The number of hydrogen-bond donors (Lipinski definition) is 1. The number of carboxylic acid groups (broad SMARTS) is 1. The summed E-state index contributed by atoms with van der Waals surface area (Å²) in [6, 6.07) is 5.44. The van der Waals surface area contributed by atoms with Gasteiger partial charge in [0, 0.05) is 30.6 Å². The van der Waals surface area contributed by atoms with Crippen LogP contribution in [0.1, 0.15) is 39.7 Å². The zero-order chi connectivity index (χ0) is 26.4. The second-order valence-corrected chi connectivity index (χ2v) is 19.3. The zero-order valence-corrected chi connectivity index (χ0v) is 24.7. The second-order valence-electron chi connectivity index (χ2n) is 11.5. The lowest BCUT2D eigenvalue weighted by Crippen LogP contribution is -2.47. The number of fused-ring (bicyclic) bond motifs is 1. The third-order valence-corrected chi connectivity index (χ3v) is 9.77. The Morgan fingerprint density at radius 2 is 2.00 bits per heavy atom. The molecule has 1 aliphatic carbocycles. The summed E-state index contributed by atoms with van der Waals surface area (Å²) in [6.07, 6.45) is -0.380. The number of carbonyl (C=O) groups is 2. The van der Waals surface area contributed by atoms with E-state index in [1.807, 2.05) is 0 Å². The van der Waals surface area contributed by atoms with Crippen molar-refractivity contribution in [1.29, 1.82) is 0 Å². The molecule has 0 bridgehead atoms. The van der Waals surface area contributed by atoms with E-state index >= 15 is 4.39 Å². The Morgan fingerprint density at radius 3 is 2.57 bits per heavy atom. The summed E-state index contributed by atoms with van der Waals surface area (Å²) in [4.78, 5) is 31.7. The maximum absolute atomic E-state index is 15.0. The van der Waals surface area contributed by atoms with Crippen LogP contribution >= 0.6 is 27.7 Å². The van der Waals surface area contributed by atoms with E-state index in [0.29, 0.717) is 17.5 Å². The van der Waals surface area contributed by atoms with Gasteiger partial charge in [-0.15, -0.1) is 0 Å². The number of hydrogen-bond acceptors (Lipinski definition) is 6. The molecule has 3 atom stereocenters. The van der Waals surface area contributed by atoms with Crippen LogP contribution in [-0.4, -0.2) is 59.0 Å². The molecule has 1 aromatic rings. The SMILES string of the molecule is CC(C)(C)OC(=O)N(COCC[Si](C)(C)C)C1=N[C@](C)(c2cc(Br)ccc2F)C2C[C@]2(C(=O)O)S1. The summed E-state index contributed by atoms with van der Waals surface area (Å²) in [7, 11) is -1.36. The lowest BCUT2D eigenvalue weighted by atomic mass is 9.86. The Kier molecular flexibility index (Phi) is 7.87. The predicted molar refractivity (Wildman–Crippen MR) is 142 cm³/mol. The topological polar surface area (TPSA) is 88.4 Å². The first-order valence-electron chi connectivity index (χ1n) is 11.5. The molecule has 1 saturated carbocycles. The average Bonchev–Trinajstić information content (AvgIpc) is 3.45. The van der Waals surface area contributed by atoms with Crippen molar-refractivity contribution >= 4 is 53.0 Å². The maximum Gasteiger partial charge on any atom is 0.418 e. The van der Waals surface area contributed by atoms with Gasteiger partial charge in [-0.3, -0.25) is 9.79 Å². The van der Waals surface area contributed by atoms with Crippen LogP contribution in [0.25, 0.3) is 0 Å². The molecular formula is C24H34BrFN2O5SSi. The monoisotopic (exact) mass is 588 g/mol. The van der Waals surface area contributed by atoms with Gasteiger partial charge in [0.25, 0.3) is 0 Å². The fraction of sp³-hybridized carbons (Fsp3) is 0.625. The molecule has 3 rings (SSSR count). The molecule has 0 spiro atoms. The molecule has 1 heterocycles. The number of nitrogens with zero attached hydrogens (tertiary/aromatic N) is 2. The van der Waals surface area contributed by atoms with E-state index in [4.69, 9.17) is 14.5 Å². The van der Waals surface area contributed by atoms with Gasteiger partial charge in [-0.2, -0.15) is 0 Å². The molecule has 0 aromatic heterocycles. The van der Waals surface area contributed by atoms with E-state index in [0.717, 1.165) is 17.8 Å². The number of rotatable bonds is 7. The highest BCUT2D eigenvalue weighted by molar-refractivity contribution is 9.10. The van der Waals surface area contributed by atoms with Gasteiger partial charge in [0.15, 0.2) is 5.17 Å². The van der Waals surface area contributed by atoms with Crippen LogP contribution in [0.3, 0.4) is 0 Å². The lowest BCUT2D eigenvalue weighted by molar-refractivity contribution is -0.137. The number of thioether (sulfide) groups is 1. The van der Waals surface area contributed by atoms with Crippen LogP contribution in [0.5, 0.6) is 0 Å². The second kappa shape index (κ2) is 9.79. The summed E-state index contributed by atoms with van der Waals surface area (Å²) >= 11 is 4.40. The molecule has 194 valence electrons. The third-order valence-electron chi connectivity index (χ3n) is 6.09. The van der Waals surface area contributed by atoms with E-state index in [-0.39, 0.29) is 17.5 Å². The van der Waals surface area contributed by atoms with Crippen molar-refractivity contribution in [3.05, 3.63) is 34.1 Å². The normalized spacial score (nSPS) is 26.0. The van der Waals surface area contributed by atoms with Crippen molar-refractivity contribution in [2.75, 3.05) is 13.3 Å². The smallest absolute Gasteiger partial charge is 0.418 e. The first-order chi connectivity index (χ1) is 16.0. The Balaban J connectivity index is 2.03. The minimum atomic E-state index is -1.36. The van der Waals surface area contributed by atoms with E-state index in [2.05, 4.69) is 35.6 Å². The van der Waals surface area contributed by atoms with Crippen LogP contribution in [-0.2, 0) is 19.8 Å². The Hall–Kier alpha value is -1.43. The molecule has 1 aliphatic heterocycles. The van der Waals surface area contributed by atoms with Gasteiger partial charge in [-0.1, -0.05) is 47.3 Å². The number of benzene rings is 1. The minimum absolute atomic E-state index is 0.136. The van der Waals surface area contributed by atoms with Crippen LogP contribution in [0.2, 0.25) is 25.7 Å². The highest BCUT2D eigenvalue weighted by Crippen LogP contribution is 2.66. The Labute approximate surface area is 220 Å². The largest absolute Gasteiger partial charge is 0.480 e. The molecule has 2 aliphatic rings. The van der Waals surface area contributed by atoms with E-state index in [9.17, 15) is 14.7 Å². The molecule has 1 unspecified atom stereocenters. The van der Waals surface area contributed by atoms with E-state index < -0.39 is 47.8 Å². The average molecular weight is 590 g/mol. The summed E-state index contributed by atoms with van der Waals surface area (Å²) in [5.74, 6) is -1.92.